The maximum atomic E-state index is 14.4. The van der Waals surface area contributed by atoms with E-state index in [0.29, 0.717) is 0 Å². The van der Waals surface area contributed by atoms with Gasteiger partial charge in [0.25, 0.3) is 5.91 Å². The fourth-order valence-electron chi connectivity index (χ4n) is 2.33. The van der Waals surface area contributed by atoms with Crippen LogP contribution in [0.5, 0.6) is 0 Å². The van der Waals surface area contributed by atoms with Crippen molar-refractivity contribution in [2.24, 2.45) is 0 Å². The minimum atomic E-state index is -0.428. The number of carbonyl (C=O) groups excluding carboxylic acids is 1. The molecule has 3 aromatic rings. The summed E-state index contributed by atoms with van der Waals surface area (Å²) in [6.45, 7) is 3.77. The highest BCUT2D eigenvalue weighted by atomic mass is 19.1. The summed E-state index contributed by atoms with van der Waals surface area (Å²) in [5, 5.41) is 0. The molecule has 1 amide bonds. The van der Waals surface area contributed by atoms with Gasteiger partial charge in [-0.15, -0.1) is 0 Å². The molecule has 0 spiro atoms. The molecule has 0 saturated carbocycles. The van der Waals surface area contributed by atoms with Gasteiger partial charge in [0.2, 0.25) is 0 Å². The predicted molar refractivity (Wildman–Crippen MR) is 95.7 cm³/mol. The summed E-state index contributed by atoms with van der Waals surface area (Å²) in [6.07, 6.45) is 1.52. The van der Waals surface area contributed by atoms with Gasteiger partial charge >= 0.3 is 0 Å². The first-order chi connectivity index (χ1) is 12.1. The highest BCUT2D eigenvalue weighted by Crippen LogP contribution is 2.23. The van der Waals surface area contributed by atoms with Crippen LogP contribution >= 0.6 is 0 Å². The van der Waals surface area contributed by atoms with Gasteiger partial charge in [0.1, 0.15) is 11.5 Å². The maximum absolute atomic E-state index is 14.4. The molecule has 25 heavy (non-hydrogen) atoms. The van der Waals surface area contributed by atoms with Gasteiger partial charge < -0.3 is 0 Å². The van der Waals surface area contributed by atoms with Crippen molar-refractivity contribution in [3.8, 4) is 11.1 Å². The Morgan fingerprint density at radius 1 is 0.920 bits per heavy atom. The molecule has 0 aliphatic carbocycles. The second kappa shape index (κ2) is 7.40. The fraction of sp³-hybridized carbons (Fsp3) is 0. The summed E-state index contributed by atoms with van der Waals surface area (Å²) >= 11 is 0. The zero-order valence-corrected chi connectivity index (χ0v) is 13.4. The van der Waals surface area contributed by atoms with Gasteiger partial charge in [0.05, 0.1) is 5.70 Å². The van der Waals surface area contributed by atoms with Crippen LogP contribution in [0.15, 0.2) is 79.5 Å². The largest absolute Gasteiger partial charge is 0.298 e. The number of halogens is 1. The lowest BCUT2D eigenvalue weighted by molar-refractivity contribution is 0.0937. The van der Waals surface area contributed by atoms with E-state index in [-0.39, 0.29) is 17.0 Å². The molecule has 0 radical (unpaired) electrons. The van der Waals surface area contributed by atoms with Crippen molar-refractivity contribution in [2.75, 3.05) is 0 Å². The van der Waals surface area contributed by atoms with Crippen LogP contribution in [0.4, 0.5) is 4.39 Å². The molecule has 0 bridgehead atoms. The number of benzene rings is 2. The summed E-state index contributed by atoms with van der Waals surface area (Å²) in [5.41, 5.74) is 7.56. The van der Waals surface area contributed by atoms with Gasteiger partial charge in [-0.25, -0.2) is 4.39 Å². The topological polar surface area (TPSA) is 54.0 Å². The monoisotopic (exact) mass is 333 g/mol. The van der Waals surface area contributed by atoms with Crippen LogP contribution in [0, 0.1) is 5.82 Å². The SMILES string of the molecule is C=C(NNC(=O)c1ccccn1)c1ccc(-c2ccccc2)cc1F. The smallest absolute Gasteiger partial charge is 0.288 e. The van der Waals surface area contributed by atoms with Crippen molar-refractivity contribution in [3.05, 3.63) is 96.6 Å². The molecular formula is C20H16FN3O. The maximum Gasteiger partial charge on any atom is 0.288 e. The second-order valence-electron chi connectivity index (χ2n) is 5.33. The van der Waals surface area contributed by atoms with Gasteiger partial charge in [-0.2, -0.15) is 0 Å². The average Bonchev–Trinajstić information content (AvgIpc) is 2.67. The Bertz CT molecular complexity index is 895. The number of hydrogen-bond acceptors (Lipinski definition) is 3. The third-order valence-corrected chi connectivity index (χ3v) is 3.63. The fourth-order valence-corrected chi connectivity index (χ4v) is 2.33. The van der Waals surface area contributed by atoms with E-state index in [1.807, 2.05) is 30.3 Å². The molecule has 0 aliphatic rings. The van der Waals surface area contributed by atoms with E-state index in [1.165, 1.54) is 12.3 Å². The Labute approximate surface area is 145 Å². The first kappa shape index (κ1) is 16.4. The van der Waals surface area contributed by atoms with Crippen LogP contribution in [-0.2, 0) is 0 Å². The minimum absolute atomic E-state index is 0.251. The molecule has 0 aliphatic heterocycles. The second-order valence-corrected chi connectivity index (χ2v) is 5.33. The van der Waals surface area contributed by atoms with Crippen LogP contribution in [0.25, 0.3) is 16.8 Å². The zero-order chi connectivity index (χ0) is 17.6. The van der Waals surface area contributed by atoms with E-state index < -0.39 is 11.7 Å². The number of carbonyl (C=O) groups is 1. The quantitative estimate of drug-likeness (QED) is 0.699. The lowest BCUT2D eigenvalue weighted by atomic mass is 10.0. The molecule has 0 atom stereocenters. The van der Waals surface area contributed by atoms with Crippen molar-refractivity contribution in [1.82, 2.24) is 15.8 Å². The molecule has 2 N–H and O–H groups in total. The molecule has 1 heterocycles. The van der Waals surface area contributed by atoms with Crippen molar-refractivity contribution in [3.63, 3.8) is 0 Å². The van der Waals surface area contributed by atoms with Crippen LogP contribution in [-0.4, -0.2) is 10.9 Å². The molecule has 3 rings (SSSR count). The molecule has 5 heteroatoms. The molecule has 0 saturated heterocycles. The van der Waals surface area contributed by atoms with Crippen molar-refractivity contribution < 1.29 is 9.18 Å². The lowest BCUT2D eigenvalue weighted by Gasteiger charge is -2.12. The van der Waals surface area contributed by atoms with E-state index in [2.05, 4.69) is 22.4 Å². The van der Waals surface area contributed by atoms with Crippen LogP contribution < -0.4 is 10.9 Å². The summed E-state index contributed by atoms with van der Waals surface area (Å²) in [7, 11) is 0. The standard InChI is InChI=1S/C20H16FN3O/c1-14(23-24-20(25)19-9-5-6-12-22-19)17-11-10-16(13-18(17)21)15-7-3-2-4-8-15/h2-13,23H,1H2,(H,24,25). The third kappa shape index (κ3) is 3.90. The number of nitrogens with zero attached hydrogens (tertiary/aromatic N) is 1. The number of hydrogen-bond donors (Lipinski definition) is 2. The number of aromatic nitrogens is 1. The number of pyridine rings is 1. The van der Waals surface area contributed by atoms with E-state index in [9.17, 15) is 9.18 Å². The summed E-state index contributed by atoms with van der Waals surface area (Å²) in [5.74, 6) is -0.853. The molecule has 124 valence electrons. The molecule has 1 aromatic heterocycles. The van der Waals surface area contributed by atoms with E-state index in [4.69, 9.17) is 0 Å². The average molecular weight is 333 g/mol. The van der Waals surface area contributed by atoms with Gasteiger partial charge in [0, 0.05) is 11.8 Å². The molecular weight excluding hydrogens is 317 g/mol. The summed E-state index contributed by atoms with van der Waals surface area (Å²) in [6, 6.07) is 19.4. The Kier molecular flexibility index (Phi) is 4.85. The van der Waals surface area contributed by atoms with Gasteiger partial charge in [0.15, 0.2) is 0 Å². The number of amides is 1. The van der Waals surface area contributed by atoms with E-state index >= 15 is 0 Å². The Balaban J connectivity index is 1.69. The van der Waals surface area contributed by atoms with Crippen LogP contribution in [0.2, 0.25) is 0 Å². The van der Waals surface area contributed by atoms with E-state index in [0.717, 1.165) is 11.1 Å². The zero-order valence-electron chi connectivity index (χ0n) is 13.4. The Hall–Kier alpha value is -3.47. The van der Waals surface area contributed by atoms with Crippen molar-refractivity contribution in [2.45, 2.75) is 0 Å². The highest BCUT2D eigenvalue weighted by Gasteiger charge is 2.10. The van der Waals surface area contributed by atoms with Crippen molar-refractivity contribution >= 4 is 11.6 Å². The Morgan fingerprint density at radius 3 is 2.36 bits per heavy atom. The van der Waals surface area contributed by atoms with Crippen LogP contribution in [0.1, 0.15) is 16.1 Å². The Morgan fingerprint density at radius 2 is 1.68 bits per heavy atom. The normalized spacial score (nSPS) is 10.1. The molecule has 0 unspecified atom stereocenters. The summed E-state index contributed by atoms with van der Waals surface area (Å²) < 4.78 is 14.4. The third-order valence-electron chi connectivity index (χ3n) is 3.63. The number of hydrazine groups is 1. The first-order valence-electron chi connectivity index (χ1n) is 7.67. The van der Waals surface area contributed by atoms with Gasteiger partial charge in [-0.1, -0.05) is 49.0 Å². The molecule has 0 fully saturated rings. The molecule has 4 nitrogen and oxygen atoms in total. The first-order valence-corrected chi connectivity index (χ1v) is 7.67. The highest BCUT2D eigenvalue weighted by molar-refractivity contribution is 5.92. The summed E-state index contributed by atoms with van der Waals surface area (Å²) in [4.78, 5) is 15.9. The minimum Gasteiger partial charge on any atom is -0.298 e. The number of rotatable bonds is 5. The molecule has 2 aromatic carbocycles. The van der Waals surface area contributed by atoms with Gasteiger partial charge in [-0.3, -0.25) is 20.6 Å². The van der Waals surface area contributed by atoms with E-state index in [1.54, 1.807) is 30.3 Å². The predicted octanol–water partition coefficient (Wildman–Crippen LogP) is 3.79. The van der Waals surface area contributed by atoms with Gasteiger partial charge in [-0.05, 0) is 35.4 Å². The van der Waals surface area contributed by atoms with Crippen LogP contribution in [0.3, 0.4) is 0 Å². The number of nitrogens with one attached hydrogen (secondary N) is 2. The lowest BCUT2D eigenvalue weighted by Crippen LogP contribution is -2.36. The van der Waals surface area contributed by atoms with Crippen molar-refractivity contribution in [1.29, 1.82) is 0 Å².